The van der Waals surface area contributed by atoms with Gasteiger partial charge in [0.05, 0.1) is 6.61 Å². The summed E-state index contributed by atoms with van der Waals surface area (Å²) in [6, 6.07) is 0. The second-order valence-corrected chi connectivity index (χ2v) is 8.95. The zero-order chi connectivity index (χ0) is 23.5. The number of unbranched alkanes of at least 4 members (excludes halogenated alkanes) is 3. The van der Waals surface area contributed by atoms with E-state index in [2.05, 4.69) is 0 Å². The molecule has 30 heavy (non-hydrogen) atoms. The zero-order valence-electron chi connectivity index (χ0n) is 19.9. The lowest BCUT2D eigenvalue weighted by Gasteiger charge is -2.42. The third kappa shape index (κ3) is 6.44. The van der Waals surface area contributed by atoms with Crippen LogP contribution in [0.15, 0.2) is 0 Å². The minimum Gasteiger partial charge on any atom is -0.393 e. The number of aliphatic hydroxyl groups is 3. The van der Waals surface area contributed by atoms with E-state index in [1.54, 1.807) is 20.8 Å². The van der Waals surface area contributed by atoms with E-state index in [-0.39, 0.29) is 0 Å². The molecule has 3 N–H and O–H groups in total. The first-order valence-corrected chi connectivity index (χ1v) is 11.7. The summed E-state index contributed by atoms with van der Waals surface area (Å²) >= 11 is 0. The van der Waals surface area contributed by atoms with Crippen molar-refractivity contribution in [1.29, 1.82) is 0 Å². The molecule has 0 amide bonds. The van der Waals surface area contributed by atoms with Gasteiger partial charge in [-0.3, -0.25) is 14.4 Å². The predicted octanol–water partition coefficient (Wildman–Crippen LogP) is 3.63. The Morgan fingerprint density at radius 3 is 1.23 bits per heavy atom. The number of aliphatic hydroxyl groups excluding tert-OH is 1. The first-order chi connectivity index (χ1) is 14.0. The Morgan fingerprint density at radius 2 is 0.967 bits per heavy atom. The quantitative estimate of drug-likeness (QED) is 0.305. The summed E-state index contributed by atoms with van der Waals surface area (Å²) in [5.74, 6) is -4.77. The molecule has 0 rings (SSSR count). The molecule has 6 nitrogen and oxygen atoms in total. The monoisotopic (exact) mass is 428 g/mol. The maximum absolute atomic E-state index is 13.3. The molecule has 0 aromatic heterocycles. The SMILES string of the molecule is CCCCC(C)C(=O)C(O)(CO)C(O)(C(=O)C(C)CCCC)C(=O)C(C)CCCC. The fourth-order valence-corrected chi connectivity index (χ4v) is 3.94. The van der Waals surface area contributed by atoms with Crippen LogP contribution in [0.4, 0.5) is 0 Å². The van der Waals surface area contributed by atoms with Crippen LogP contribution >= 0.6 is 0 Å². The summed E-state index contributed by atoms with van der Waals surface area (Å²) in [5.41, 5.74) is -5.81. The van der Waals surface area contributed by atoms with Crippen molar-refractivity contribution >= 4 is 17.3 Å². The number of carbonyl (C=O) groups excluding carboxylic acids is 3. The zero-order valence-corrected chi connectivity index (χ0v) is 19.9. The summed E-state index contributed by atoms with van der Waals surface area (Å²) in [6.07, 6.45) is 5.91. The smallest absolute Gasteiger partial charge is 0.220 e. The highest BCUT2D eigenvalue weighted by atomic mass is 16.4. The summed E-state index contributed by atoms with van der Waals surface area (Å²) in [7, 11) is 0. The molecule has 4 atom stereocenters. The van der Waals surface area contributed by atoms with Crippen LogP contribution in [-0.2, 0) is 14.4 Å². The van der Waals surface area contributed by atoms with Gasteiger partial charge in [-0.2, -0.15) is 0 Å². The number of hydrogen-bond donors (Lipinski definition) is 3. The van der Waals surface area contributed by atoms with E-state index in [1.165, 1.54) is 0 Å². The molecule has 0 spiro atoms. The van der Waals surface area contributed by atoms with Crippen LogP contribution in [0.1, 0.15) is 99.3 Å². The van der Waals surface area contributed by atoms with Crippen molar-refractivity contribution in [3.8, 4) is 0 Å². The second-order valence-electron chi connectivity index (χ2n) is 8.95. The van der Waals surface area contributed by atoms with E-state index < -0.39 is 52.9 Å². The molecule has 0 aliphatic rings. The van der Waals surface area contributed by atoms with E-state index in [9.17, 15) is 29.7 Å². The fourth-order valence-electron chi connectivity index (χ4n) is 3.94. The molecule has 0 aliphatic carbocycles. The number of hydrogen-bond acceptors (Lipinski definition) is 6. The first-order valence-electron chi connectivity index (χ1n) is 11.7. The molecule has 6 heteroatoms. The van der Waals surface area contributed by atoms with E-state index >= 15 is 0 Å². The molecule has 0 saturated heterocycles. The van der Waals surface area contributed by atoms with Crippen molar-refractivity contribution in [2.24, 2.45) is 17.8 Å². The van der Waals surface area contributed by atoms with Gasteiger partial charge in [0.25, 0.3) is 0 Å². The number of Topliss-reactive ketones (excluding diaryl/α,β-unsaturated/α-hetero) is 3. The van der Waals surface area contributed by atoms with E-state index in [0.29, 0.717) is 38.5 Å². The lowest BCUT2D eigenvalue weighted by Crippen LogP contribution is -2.72. The average molecular weight is 429 g/mol. The van der Waals surface area contributed by atoms with Crippen LogP contribution in [0.25, 0.3) is 0 Å². The van der Waals surface area contributed by atoms with Crippen LogP contribution in [0.3, 0.4) is 0 Å². The lowest BCUT2D eigenvalue weighted by atomic mass is 9.66. The summed E-state index contributed by atoms with van der Waals surface area (Å²) in [4.78, 5) is 39.8. The highest BCUT2D eigenvalue weighted by molar-refractivity contribution is 6.17. The van der Waals surface area contributed by atoms with Crippen molar-refractivity contribution in [2.45, 2.75) is 111 Å². The van der Waals surface area contributed by atoms with Gasteiger partial charge in [0.2, 0.25) is 5.60 Å². The molecule has 176 valence electrons. The van der Waals surface area contributed by atoms with Gasteiger partial charge in [-0.15, -0.1) is 0 Å². The third-order valence-corrected chi connectivity index (χ3v) is 6.26. The Bertz CT molecular complexity index is 532. The van der Waals surface area contributed by atoms with Gasteiger partial charge in [-0.25, -0.2) is 0 Å². The molecule has 0 saturated carbocycles. The maximum atomic E-state index is 13.3. The molecular weight excluding hydrogens is 384 g/mol. The van der Waals surface area contributed by atoms with Crippen LogP contribution in [-0.4, -0.2) is 50.5 Å². The fraction of sp³-hybridized carbons (Fsp3) is 0.875. The van der Waals surface area contributed by atoms with Gasteiger partial charge in [-0.05, 0) is 19.3 Å². The normalized spacial score (nSPS) is 18.7. The minimum atomic E-state index is -2.96. The third-order valence-electron chi connectivity index (χ3n) is 6.26. The van der Waals surface area contributed by atoms with E-state index in [0.717, 1.165) is 19.3 Å². The molecule has 0 aliphatic heterocycles. The van der Waals surface area contributed by atoms with Gasteiger partial charge in [-0.1, -0.05) is 80.1 Å². The van der Waals surface area contributed by atoms with Crippen molar-refractivity contribution < 1.29 is 29.7 Å². The molecule has 0 aromatic rings. The number of ketones is 3. The van der Waals surface area contributed by atoms with Crippen LogP contribution in [0, 0.1) is 17.8 Å². The van der Waals surface area contributed by atoms with Crippen molar-refractivity contribution in [2.75, 3.05) is 6.61 Å². The molecule has 4 unspecified atom stereocenters. The molecule has 0 fully saturated rings. The molecule has 0 bridgehead atoms. The molecule has 0 heterocycles. The van der Waals surface area contributed by atoms with Crippen LogP contribution in [0.2, 0.25) is 0 Å². The Morgan fingerprint density at radius 1 is 0.667 bits per heavy atom. The second kappa shape index (κ2) is 13.3. The minimum absolute atomic E-state index is 0.426. The van der Waals surface area contributed by atoms with E-state index in [4.69, 9.17) is 0 Å². The largest absolute Gasteiger partial charge is 0.393 e. The van der Waals surface area contributed by atoms with Gasteiger partial charge in [0, 0.05) is 17.8 Å². The van der Waals surface area contributed by atoms with E-state index in [1.807, 2.05) is 20.8 Å². The van der Waals surface area contributed by atoms with Crippen LogP contribution < -0.4 is 0 Å². The Kier molecular flexibility index (Phi) is 12.8. The lowest BCUT2D eigenvalue weighted by molar-refractivity contribution is -0.199. The van der Waals surface area contributed by atoms with Crippen molar-refractivity contribution in [1.82, 2.24) is 0 Å². The molecule has 0 radical (unpaired) electrons. The Hall–Kier alpha value is -1.11. The molecular formula is C24H44O6. The summed E-state index contributed by atoms with van der Waals surface area (Å²) in [5, 5.41) is 32.8. The highest BCUT2D eigenvalue weighted by Gasteiger charge is 2.64. The standard InChI is InChI=1S/C24H44O6/c1-7-10-13-17(4)20(26)23(29,16-25)24(30,21(27)18(5)14-11-8-2)22(28)19(6)15-12-9-3/h17-19,25,29-30H,7-16H2,1-6H3. The van der Waals surface area contributed by atoms with Crippen molar-refractivity contribution in [3.05, 3.63) is 0 Å². The van der Waals surface area contributed by atoms with Gasteiger partial charge in [0.15, 0.2) is 23.0 Å². The number of rotatable bonds is 17. The summed E-state index contributed by atoms with van der Waals surface area (Å²) < 4.78 is 0. The maximum Gasteiger partial charge on any atom is 0.220 e. The van der Waals surface area contributed by atoms with Gasteiger partial charge in [0.1, 0.15) is 0 Å². The molecule has 0 aromatic carbocycles. The summed E-state index contributed by atoms with van der Waals surface area (Å²) in [6.45, 7) is 9.48. The average Bonchev–Trinajstić information content (AvgIpc) is 2.76. The Labute approximate surface area is 182 Å². The van der Waals surface area contributed by atoms with Crippen LogP contribution in [0.5, 0.6) is 0 Å². The van der Waals surface area contributed by atoms with Crippen molar-refractivity contribution in [3.63, 3.8) is 0 Å². The number of carbonyl (C=O) groups is 3. The highest BCUT2D eigenvalue weighted by Crippen LogP contribution is 2.35. The first kappa shape index (κ1) is 28.9. The Balaban J connectivity index is 6.30. The van der Waals surface area contributed by atoms with Gasteiger partial charge >= 0.3 is 0 Å². The predicted molar refractivity (Wildman–Crippen MR) is 118 cm³/mol. The van der Waals surface area contributed by atoms with Gasteiger partial charge < -0.3 is 15.3 Å². The topological polar surface area (TPSA) is 112 Å².